The van der Waals surface area contributed by atoms with Crippen LogP contribution in [-0.2, 0) is 4.74 Å². The van der Waals surface area contributed by atoms with Crippen LogP contribution in [0.3, 0.4) is 0 Å². The van der Waals surface area contributed by atoms with E-state index in [1.807, 2.05) is 12.1 Å². The number of thiophene rings is 1. The third kappa shape index (κ3) is 3.76. The van der Waals surface area contributed by atoms with Crippen LogP contribution in [0.1, 0.15) is 27.6 Å². The van der Waals surface area contributed by atoms with E-state index in [4.69, 9.17) is 16.3 Å². The zero-order chi connectivity index (χ0) is 19.6. The lowest BCUT2D eigenvalue weighted by molar-refractivity contribution is -0.384. The Hall–Kier alpha value is -2.97. The smallest absolute Gasteiger partial charge is 0.341 e. The highest BCUT2D eigenvalue weighted by Gasteiger charge is 2.23. The summed E-state index contributed by atoms with van der Waals surface area (Å²) in [4.78, 5) is 35.2. The van der Waals surface area contributed by atoms with Gasteiger partial charge in [-0.05, 0) is 19.1 Å². The first-order chi connectivity index (χ1) is 12.9. The molecule has 0 bridgehead atoms. The molecule has 1 aromatic heterocycles. The first-order valence-electron chi connectivity index (χ1n) is 7.86. The topological polar surface area (TPSA) is 98.5 Å². The van der Waals surface area contributed by atoms with E-state index in [1.54, 1.807) is 19.1 Å². The molecule has 1 heterocycles. The number of carbonyl (C=O) groups is 2. The molecular weight excluding hydrogens is 392 g/mol. The second-order valence-electron chi connectivity index (χ2n) is 5.40. The van der Waals surface area contributed by atoms with Crippen LogP contribution in [0.15, 0.2) is 42.5 Å². The molecular formula is C18H13ClN2O5S. The van der Waals surface area contributed by atoms with Gasteiger partial charge < -0.3 is 10.1 Å². The number of carbonyl (C=O) groups excluding carboxylic acids is 2. The maximum Gasteiger partial charge on any atom is 0.341 e. The maximum atomic E-state index is 12.6. The molecule has 3 rings (SSSR count). The van der Waals surface area contributed by atoms with Crippen molar-refractivity contribution >= 4 is 55.6 Å². The summed E-state index contributed by atoms with van der Waals surface area (Å²) in [6, 6.07) is 10.8. The van der Waals surface area contributed by atoms with Gasteiger partial charge in [0.2, 0.25) is 0 Å². The van der Waals surface area contributed by atoms with Crippen LogP contribution in [0, 0.1) is 10.1 Å². The van der Waals surface area contributed by atoms with Crippen molar-refractivity contribution in [2.24, 2.45) is 0 Å². The Morgan fingerprint density at radius 1 is 1.26 bits per heavy atom. The van der Waals surface area contributed by atoms with E-state index >= 15 is 0 Å². The summed E-state index contributed by atoms with van der Waals surface area (Å²) >= 11 is 7.24. The van der Waals surface area contributed by atoms with Gasteiger partial charge >= 0.3 is 5.97 Å². The van der Waals surface area contributed by atoms with Crippen LogP contribution in [0.4, 0.5) is 10.7 Å². The van der Waals surface area contributed by atoms with E-state index in [-0.39, 0.29) is 28.4 Å². The first-order valence-corrected chi connectivity index (χ1v) is 9.05. The minimum absolute atomic E-state index is 0.0551. The first kappa shape index (κ1) is 18.8. The van der Waals surface area contributed by atoms with Gasteiger partial charge in [0.05, 0.1) is 22.1 Å². The molecule has 0 aliphatic rings. The highest BCUT2D eigenvalue weighted by atomic mass is 35.5. The average molecular weight is 405 g/mol. The molecule has 1 amide bonds. The second-order valence-corrected chi connectivity index (χ2v) is 6.86. The summed E-state index contributed by atoms with van der Waals surface area (Å²) in [6.45, 7) is 1.89. The Kier molecular flexibility index (Phi) is 5.38. The maximum absolute atomic E-state index is 12.6. The number of hydrogen-bond acceptors (Lipinski definition) is 6. The molecule has 0 saturated heterocycles. The summed E-state index contributed by atoms with van der Waals surface area (Å²) in [6.07, 6.45) is 0. The number of hydrogen-bond donors (Lipinski definition) is 1. The van der Waals surface area contributed by atoms with Crippen LogP contribution in [-0.4, -0.2) is 23.4 Å². The normalized spacial score (nSPS) is 10.6. The zero-order valence-corrected chi connectivity index (χ0v) is 15.6. The van der Waals surface area contributed by atoms with Gasteiger partial charge in [-0.2, -0.15) is 0 Å². The minimum Gasteiger partial charge on any atom is -0.462 e. The van der Waals surface area contributed by atoms with Crippen molar-refractivity contribution in [3.8, 4) is 0 Å². The SMILES string of the molecule is CCOC(=O)c1c(NC(=O)c2ccc([N+](=O)[O-])cc2Cl)sc2ccccc12. The van der Waals surface area contributed by atoms with E-state index < -0.39 is 16.8 Å². The average Bonchev–Trinajstić information content (AvgIpc) is 2.99. The molecule has 27 heavy (non-hydrogen) atoms. The Bertz CT molecular complexity index is 1060. The predicted octanol–water partition coefficient (Wildman–Crippen LogP) is 4.89. The number of fused-ring (bicyclic) bond motifs is 1. The third-order valence-corrected chi connectivity index (χ3v) is 5.11. The van der Waals surface area contributed by atoms with Crippen molar-refractivity contribution in [1.29, 1.82) is 0 Å². The molecule has 0 fully saturated rings. The fourth-order valence-electron chi connectivity index (χ4n) is 2.51. The van der Waals surface area contributed by atoms with E-state index in [0.29, 0.717) is 10.4 Å². The highest BCUT2D eigenvalue weighted by Crippen LogP contribution is 2.36. The number of nitro benzene ring substituents is 1. The van der Waals surface area contributed by atoms with Gasteiger partial charge in [0.25, 0.3) is 11.6 Å². The van der Waals surface area contributed by atoms with Gasteiger partial charge in [0.1, 0.15) is 10.6 Å². The molecule has 0 unspecified atom stereocenters. The summed E-state index contributed by atoms with van der Waals surface area (Å²) < 4.78 is 5.91. The molecule has 0 aliphatic carbocycles. The Labute approximate surface area is 162 Å². The van der Waals surface area contributed by atoms with Gasteiger partial charge in [-0.1, -0.05) is 29.8 Å². The number of esters is 1. The van der Waals surface area contributed by atoms with E-state index in [2.05, 4.69) is 5.32 Å². The lowest BCUT2D eigenvalue weighted by atomic mass is 10.1. The monoisotopic (exact) mass is 404 g/mol. The van der Waals surface area contributed by atoms with Crippen LogP contribution >= 0.6 is 22.9 Å². The Morgan fingerprint density at radius 2 is 2.00 bits per heavy atom. The fourth-order valence-corrected chi connectivity index (χ4v) is 3.86. The zero-order valence-electron chi connectivity index (χ0n) is 14.0. The van der Waals surface area contributed by atoms with Crippen molar-refractivity contribution < 1.29 is 19.2 Å². The number of rotatable bonds is 5. The lowest BCUT2D eigenvalue weighted by Gasteiger charge is -2.08. The molecule has 0 radical (unpaired) electrons. The molecule has 0 atom stereocenters. The van der Waals surface area contributed by atoms with Gasteiger partial charge in [-0.3, -0.25) is 14.9 Å². The summed E-state index contributed by atoms with van der Waals surface area (Å²) in [5, 5.41) is 14.4. The van der Waals surface area contributed by atoms with E-state index in [1.165, 1.54) is 23.5 Å². The van der Waals surface area contributed by atoms with Gasteiger partial charge in [-0.25, -0.2) is 4.79 Å². The molecule has 0 spiro atoms. The van der Waals surface area contributed by atoms with Gasteiger partial charge in [0, 0.05) is 22.2 Å². The predicted molar refractivity (Wildman–Crippen MR) is 104 cm³/mol. The van der Waals surface area contributed by atoms with E-state index in [9.17, 15) is 19.7 Å². The second kappa shape index (κ2) is 7.73. The molecule has 1 N–H and O–H groups in total. The Morgan fingerprint density at radius 3 is 2.67 bits per heavy atom. The summed E-state index contributed by atoms with van der Waals surface area (Å²) in [5.41, 5.74) is 0.115. The fraction of sp³-hybridized carbons (Fsp3) is 0.111. The number of ether oxygens (including phenoxy) is 1. The molecule has 0 aliphatic heterocycles. The van der Waals surface area contributed by atoms with Crippen LogP contribution in [0.5, 0.6) is 0 Å². The molecule has 2 aromatic carbocycles. The summed E-state index contributed by atoms with van der Waals surface area (Å²) in [7, 11) is 0. The number of nitro groups is 1. The van der Waals surface area contributed by atoms with Crippen LogP contribution in [0.25, 0.3) is 10.1 Å². The molecule has 0 saturated carbocycles. The van der Waals surface area contributed by atoms with Crippen molar-refractivity contribution in [1.82, 2.24) is 0 Å². The molecule has 7 nitrogen and oxygen atoms in total. The number of amides is 1. The van der Waals surface area contributed by atoms with Gasteiger partial charge in [-0.15, -0.1) is 11.3 Å². The minimum atomic E-state index is -0.599. The number of anilines is 1. The van der Waals surface area contributed by atoms with E-state index in [0.717, 1.165) is 10.8 Å². The quantitative estimate of drug-likeness (QED) is 0.370. The van der Waals surface area contributed by atoms with Crippen LogP contribution < -0.4 is 5.32 Å². The van der Waals surface area contributed by atoms with Crippen molar-refractivity contribution in [3.63, 3.8) is 0 Å². The van der Waals surface area contributed by atoms with Crippen LogP contribution in [0.2, 0.25) is 5.02 Å². The number of halogens is 1. The lowest BCUT2D eigenvalue weighted by Crippen LogP contribution is -2.15. The molecule has 138 valence electrons. The number of nitrogens with zero attached hydrogens (tertiary/aromatic N) is 1. The number of non-ortho nitro benzene ring substituents is 1. The standard InChI is InChI=1S/C18H13ClN2O5S/c1-2-26-18(23)15-12-5-3-4-6-14(12)27-17(15)20-16(22)11-8-7-10(21(24)25)9-13(11)19/h3-9H,2H2,1H3,(H,20,22). The number of benzene rings is 2. The highest BCUT2D eigenvalue weighted by molar-refractivity contribution is 7.23. The number of nitrogens with one attached hydrogen (secondary N) is 1. The molecule has 9 heteroatoms. The molecule has 3 aromatic rings. The Balaban J connectivity index is 1.99. The van der Waals surface area contributed by atoms with Crippen molar-refractivity contribution in [3.05, 3.63) is 68.7 Å². The third-order valence-electron chi connectivity index (χ3n) is 3.71. The largest absolute Gasteiger partial charge is 0.462 e. The van der Waals surface area contributed by atoms with Gasteiger partial charge in [0.15, 0.2) is 0 Å². The summed E-state index contributed by atoms with van der Waals surface area (Å²) in [5.74, 6) is -1.12. The van der Waals surface area contributed by atoms with Crippen molar-refractivity contribution in [2.45, 2.75) is 6.92 Å². The van der Waals surface area contributed by atoms with Crippen molar-refractivity contribution in [2.75, 3.05) is 11.9 Å².